The first kappa shape index (κ1) is 22.1. The van der Waals surface area contributed by atoms with E-state index in [1.165, 1.54) is 12.5 Å². The Hall–Kier alpha value is -3.09. The van der Waals surface area contributed by atoms with Crippen LogP contribution in [0.2, 0.25) is 5.02 Å². The van der Waals surface area contributed by atoms with Crippen LogP contribution in [-0.4, -0.2) is 43.5 Å². The maximum absolute atomic E-state index is 12.6. The van der Waals surface area contributed by atoms with E-state index in [-0.39, 0.29) is 6.04 Å². The molecule has 3 aromatic rings. The third-order valence-electron chi connectivity index (χ3n) is 5.84. The summed E-state index contributed by atoms with van der Waals surface area (Å²) >= 11 is 6.10. The number of benzene rings is 3. The van der Waals surface area contributed by atoms with Gasteiger partial charge in [-0.1, -0.05) is 54.1 Å². The highest BCUT2D eigenvalue weighted by Crippen LogP contribution is 2.30. The van der Waals surface area contributed by atoms with Gasteiger partial charge in [-0.3, -0.25) is 14.5 Å². The third-order valence-corrected chi connectivity index (χ3v) is 6.13. The zero-order valence-corrected chi connectivity index (χ0v) is 18.7. The van der Waals surface area contributed by atoms with E-state index < -0.39 is 11.8 Å². The molecule has 2 N–H and O–H groups in total. The predicted molar refractivity (Wildman–Crippen MR) is 127 cm³/mol. The molecule has 0 unspecified atom stereocenters. The van der Waals surface area contributed by atoms with Crippen molar-refractivity contribution in [1.82, 2.24) is 10.2 Å². The van der Waals surface area contributed by atoms with Crippen molar-refractivity contribution >= 4 is 39.9 Å². The molecule has 1 saturated heterocycles. The van der Waals surface area contributed by atoms with Crippen molar-refractivity contribution in [2.75, 3.05) is 32.1 Å². The van der Waals surface area contributed by atoms with Gasteiger partial charge < -0.3 is 15.4 Å². The molecule has 2 amide bonds. The molecule has 1 aliphatic rings. The molecule has 32 heavy (non-hydrogen) atoms. The van der Waals surface area contributed by atoms with Crippen molar-refractivity contribution < 1.29 is 14.3 Å². The van der Waals surface area contributed by atoms with Gasteiger partial charge in [-0.15, -0.1) is 0 Å². The number of rotatable bonds is 6. The topological polar surface area (TPSA) is 70.7 Å². The van der Waals surface area contributed by atoms with Crippen molar-refractivity contribution in [1.29, 1.82) is 0 Å². The van der Waals surface area contributed by atoms with Crippen LogP contribution >= 0.6 is 11.6 Å². The van der Waals surface area contributed by atoms with Crippen LogP contribution in [0.3, 0.4) is 0 Å². The number of halogens is 1. The number of anilines is 1. The van der Waals surface area contributed by atoms with Gasteiger partial charge in [0, 0.05) is 12.2 Å². The van der Waals surface area contributed by atoms with E-state index in [1.807, 2.05) is 18.2 Å². The van der Waals surface area contributed by atoms with Crippen LogP contribution in [0.1, 0.15) is 24.4 Å². The summed E-state index contributed by atoms with van der Waals surface area (Å²) in [7, 11) is 1.51. The molecule has 3 aromatic carbocycles. The number of hydrogen-bond donors (Lipinski definition) is 2. The lowest BCUT2D eigenvalue weighted by molar-refractivity contribution is -0.136. The maximum Gasteiger partial charge on any atom is 0.313 e. The zero-order chi connectivity index (χ0) is 22.5. The lowest BCUT2D eigenvalue weighted by Gasteiger charge is -2.29. The Bertz CT molecular complexity index is 1120. The minimum absolute atomic E-state index is 0.00391. The monoisotopic (exact) mass is 451 g/mol. The fourth-order valence-electron chi connectivity index (χ4n) is 4.23. The second-order valence-electron chi connectivity index (χ2n) is 7.84. The van der Waals surface area contributed by atoms with Gasteiger partial charge in [0.15, 0.2) is 0 Å². The van der Waals surface area contributed by atoms with E-state index in [4.69, 9.17) is 16.3 Å². The maximum atomic E-state index is 12.6. The molecular weight excluding hydrogens is 426 g/mol. The molecule has 0 bridgehead atoms. The molecule has 0 aromatic heterocycles. The Balaban J connectivity index is 1.48. The number of carbonyl (C=O) groups excluding carboxylic acids is 2. The van der Waals surface area contributed by atoms with Gasteiger partial charge in [-0.25, -0.2) is 0 Å². The third kappa shape index (κ3) is 4.87. The highest BCUT2D eigenvalue weighted by Gasteiger charge is 2.26. The van der Waals surface area contributed by atoms with E-state index in [9.17, 15) is 9.59 Å². The number of ether oxygens (including phenoxy) is 1. The number of fused-ring (bicyclic) bond motifs is 1. The van der Waals surface area contributed by atoms with Crippen LogP contribution in [0.25, 0.3) is 10.8 Å². The number of likely N-dealkylation sites (tertiary alicyclic amines) is 1. The van der Waals surface area contributed by atoms with Gasteiger partial charge in [0.1, 0.15) is 5.75 Å². The molecule has 0 aliphatic carbocycles. The average Bonchev–Trinajstić information content (AvgIpc) is 3.34. The Morgan fingerprint density at radius 1 is 1.03 bits per heavy atom. The number of methoxy groups -OCH3 is 1. The first-order valence-electron chi connectivity index (χ1n) is 10.7. The number of nitrogens with one attached hydrogen (secondary N) is 2. The van der Waals surface area contributed by atoms with Crippen molar-refractivity contribution in [3.05, 3.63) is 71.2 Å². The van der Waals surface area contributed by atoms with Gasteiger partial charge >= 0.3 is 11.8 Å². The summed E-state index contributed by atoms with van der Waals surface area (Å²) in [5, 5.41) is 8.11. The molecule has 0 saturated carbocycles. The zero-order valence-electron chi connectivity index (χ0n) is 17.9. The van der Waals surface area contributed by atoms with Crippen molar-refractivity contribution in [3.8, 4) is 5.75 Å². The summed E-state index contributed by atoms with van der Waals surface area (Å²) in [6.07, 6.45) is 2.27. The van der Waals surface area contributed by atoms with Crippen molar-refractivity contribution in [2.45, 2.75) is 18.9 Å². The Kier molecular flexibility index (Phi) is 6.93. The molecule has 0 spiro atoms. The summed E-state index contributed by atoms with van der Waals surface area (Å²) in [5.74, 6) is -0.914. The largest absolute Gasteiger partial charge is 0.495 e. The van der Waals surface area contributed by atoms with Crippen LogP contribution in [0.5, 0.6) is 5.75 Å². The fraction of sp³-hybridized carbons (Fsp3) is 0.280. The second-order valence-corrected chi connectivity index (χ2v) is 8.25. The van der Waals surface area contributed by atoms with Crippen LogP contribution in [0.4, 0.5) is 5.69 Å². The second kappa shape index (κ2) is 10.0. The number of amides is 2. The van der Waals surface area contributed by atoms with Crippen molar-refractivity contribution in [3.63, 3.8) is 0 Å². The van der Waals surface area contributed by atoms with Crippen LogP contribution in [0.15, 0.2) is 60.7 Å². The molecule has 4 rings (SSSR count). The summed E-state index contributed by atoms with van der Waals surface area (Å²) in [6.45, 7) is 2.30. The number of nitrogens with zero attached hydrogens (tertiary/aromatic N) is 1. The average molecular weight is 452 g/mol. The summed E-state index contributed by atoms with van der Waals surface area (Å²) in [6, 6.07) is 19.3. The van der Waals surface area contributed by atoms with Gasteiger partial charge in [0.25, 0.3) is 0 Å². The Morgan fingerprint density at radius 3 is 2.53 bits per heavy atom. The van der Waals surface area contributed by atoms with E-state index in [2.05, 4.69) is 39.8 Å². The molecule has 6 nitrogen and oxygen atoms in total. The standard InChI is InChI=1S/C25H26ClN3O3/c1-32-23-12-11-18(15-21(23)26)28-25(31)24(30)27-16-22(29-13-4-5-14-29)20-10-6-8-17-7-2-3-9-19(17)20/h2-3,6-12,15,22H,4-5,13-14,16H2,1H3,(H,27,30)(H,28,31)/t22-/m1/s1. The highest BCUT2D eigenvalue weighted by atomic mass is 35.5. The quantitative estimate of drug-likeness (QED) is 0.545. The summed E-state index contributed by atoms with van der Waals surface area (Å²) in [4.78, 5) is 27.4. The first-order valence-corrected chi connectivity index (χ1v) is 11.1. The van der Waals surface area contributed by atoms with Crippen LogP contribution < -0.4 is 15.4 Å². The Morgan fingerprint density at radius 2 is 1.78 bits per heavy atom. The molecule has 7 heteroatoms. The smallest absolute Gasteiger partial charge is 0.313 e. The van der Waals surface area contributed by atoms with E-state index in [0.717, 1.165) is 36.9 Å². The number of carbonyl (C=O) groups is 2. The normalized spacial score (nSPS) is 14.8. The first-order chi connectivity index (χ1) is 15.6. The summed E-state index contributed by atoms with van der Waals surface area (Å²) < 4.78 is 5.11. The molecule has 1 atom stereocenters. The lowest BCUT2D eigenvalue weighted by atomic mass is 9.97. The van der Waals surface area contributed by atoms with Gasteiger partial charge in [0.05, 0.1) is 18.2 Å². The molecule has 0 radical (unpaired) electrons. The number of hydrogen-bond acceptors (Lipinski definition) is 4. The van der Waals surface area contributed by atoms with Gasteiger partial charge in [-0.2, -0.15) is 0 Å². The molecule has 166 valence electrons. The molecule has 1 aliphatic heterocycles. The Labute approximate surface area is 192 Å². The highest BCUT2D eigenvalue weighted by molar-refractivity contribution is 6.40. The van der Waals surface area contributed by atoms with Gasteiger partial charge in [0.2, 0.25) is 0 Å². The van der Waals surface area contributed by atoms with E-state index in [1.54, 1.807) is 18.2 Å². The minimum atomic E-state index is -0.732. The minimum Gasteiger partial charge on any atom is -0.495 e. The molecular formula is C25H26ClN3O3. The van der Waals surface area contributed by atoms with E-state index >= 15 is 0 Å². The summed E-state index contributed by atoms with van der Waals surface area (Å²) in [5.41, 5.74) is 1.59. The predicted octanol–water partition coefficient (Wildman–Crippen LogP) is 4.39. The molecule has 1 fully saturated rings. The van der Waals surface area contributed by atoms with Gasteiger partial charge in [-0.05, 0) is 60.5 Å². The lowest BCUT2D eigenvalue weighted by Crippen LogP contribution is -2.41. The fourth-order valence-corrected chi connectivity index (χ4v) is 4.49. The van der Waals surface area contributed by atoms with Crippen molar-refractivity contribution in [2.24, 2.45) is 0 Å². The molecule has 1 heterocycles. The van der Waals surface area contributed by atoms with Crippen LogP contribution in [-0.2, 0) is 9.59 Å². The van der Waals surface area contributed by atoms with E-state index in [0.29, 0.717) is 23.0 Å². The SMILES string of the molecule is COc1ccc(NC(=O)C(=O)NC[C@H](c2cccc3ccccc23)N2CCCC2)cc1Cl. The van der Waals surface area contributed by atoms with Crippen LogP contribution in [0, 0.1) is 0 Å².